The topological polar surface area (TPSA) is 32.8 Å². The second-order valence-corrected chi connectivity index (χ2v) is 6.37. The van der Waals surface area contributed by atoms with Crippen molar-refractivity contribution in [3.63, 3.8) is 0 Å². The molecule has 128 valence electrons. The molecule has 0 N–H and O–H groups in total. The van der Waals surface area contributed by atoms with Gasteiger partial charge in [0, 0.05) is 48.4 Å². The molecular formula is C19H23ClN2O2. The number of amides is 1. The summed E-state index contributed by atoms with van der Waals surface area (Å²) in [6.45, 7) is 6.83. The predicted octanol–water partition coefficient (Wildman–Crippen LogP) is 3.57. The van der Waals surface area contributed by atoms with Gasteiger partial charge in [-0.25, -0.2) is 0 Å². The van der Waals surface area contributed by atoms with Crippen LogP contribution in [0, 0.1) is 0 Å². The van der Waals surface area contributed by atoms with Crippen LogP contribution in [0.2, 0.25) is 5.02 Å². The van der Waals surface area contributed by atoms with Crippen LogP contribution < -0.4 is 4.90 Å². The largest absolute Gasteiger partial charge is 0.379 e. The highest BCUT2D eigenvalue weighted by molar-refractivity contribution is 6.36. The molecule has 1 fully saturated rings. The van der Waals surface area contributed by atoms with Gasteiger partial charge in [0.05, 0.1) is 18.9 Å². The number of carbonyl (C=O) groups is 1. The molecule has 0 aliphatic carbocycles. The molecule has 1 aliphatic heterocycles. The summed E-state index contributed by atoms with van der Waals surface area (Å²) in [5.41, 5.74) is 0.940. The molecule has 1 aliphatic rings. The molecule has 0 radical (unpaired) electrons. The molecule has 2 aromatic carbocycles. The van der Waals surface area contributed by atoms with E-state index in [1.807, 2.05) is 48.2 Å². The lowest BCUT2D eigenvalue weighted by atomic mass is 10.1. The molecule has 5 heteroatoms. The van der Waals surface area contributed by atoms with Crippen LogP contribution in [0.15, 0.2) is 36.4 Å². The number of rotatable bonds is 5. The fourth-order valence-electron chi connectivity index (χ4n) is 3.12. The van der Waals surface area contributed by atoms with Crippen LogP contribution in [0.3, 0.4) is 0 Å². The Morgan fingerprint density at radius 3 is 2.58 bits per heavy atom. The van der Waals surface area contributed by atoms with E-state index in [0.717, 1.165) is 49.3 Å². The Bertz CT molecular complexity index is 714. The molecule has 24 heavy (non-hydrogen) atoms. The molecule has 0 aromatic heterocycles. The van der Waals surface area contributed by atoms with E-state index in [-0.39, 0.29) is 5.91 Å². The summed E-state index contributed by atoms with van der Waals surface area (Å²) in [5.74, 6) is 0.135. The van der Waals surface area contributed by atoms with E-state index >= 15 is 0 Å². The van der Waals surface area contributed by atoms with Crippen molar-refractivity contribution in [2.24, 2.45) is 0 Å². The van der Waals surface area contributed by atoms with Crippen molar-refractivity contribution in [1.29, 1.82) is 0 Å². The van der Waals surface area contributed by atoms with Gasteiger partial charge in [0.25, 0.3) is 0 Å². The average Bonchev–Trinajstić information content (AvgIpc) is 2.64. The maximum atomic E-state index is 12.6. The Morgan fingerprint density at radius 1 is 1.17 bits per heavy atom. The molecule has 1 amide bonds. The van der Waals surface area contributed by atoms with Crippen LogP contribution in [-0.2, 0) is 9.53 Å². The van der Waals surface area contributed by atoms with E-state index in [4.69, 9.17) is 16.3 Å². The molecular weight excluding hydrogens is 324 g/mol. The number of hydrogen-bond donors (Lipinski definition) is 0. The van der Waals surface area contributed by atoms with Crippen LogP contribution in [-0.4, -0.2) is 50.2 Å². The van der Waals surface area contributed by atoms with Gasteiger partial charge in [-0.2, -0.15) is 0 Å². The number of fused-ring (bicyclic) bond motifs is 1. The molecule has 1 heterocycles. The van der Waals surface area contributed by atoms with Gasteiger partial charge in [-0.3, -0.25) is 9.69 Å². The van der Waals surface area contributed by atoms with Gasteiger partial charge in [0.15, 0.2) is 0 Å². The van der Waals surface area contributed by atoms with Crippen LogP contribution in [0.1, 0.15) is 13.3 Å². The number of ether oxygens (including phenoxy) is 1. The molecule has 2 aromatic rings. The van der Waals surface area contributed by atoms with Crippen molar-refractivity contribution in [1.82, 2.24) is 4.90 Å². The molecule has 0 bridgehead atoms. The summed E-state index contributed by atoms with van der Waals surface area (Å²) >= 11 is 6.32. The summed E-state index contributed by atoms with van der Waals surface area (Å²) in [6.07, 6.45) is 0.486. The summed E-state index contributed by atoms with van der Waals surface area (Å²) in [7, 11) is 0. The Kier molecular flexibility index (Phi) is 5.72. The van der Waals surface area contributed by atoms with E-state index in [2.05, 4.69) is 4.90 Å². The van der Waals surface area contributed by atoms with Gasteiger partial charge in [-0.15, -0.1) is 0 Å². The highest BCUT2D eigenvalue weighted by atomic mass is 35.5. The molecule has 0 spiro atoms. The Balaban J connectivity index is 1.88. The van der Waals surface area contributed by atoms with Gasteiger partial charge in [-0.1, -0.05) is 42.8 Å². The summed E-state index contributed by atoms with van der Waals surface area (Å²) in [4.78, 5) is 16.8. The van der Waals surface area contributed by atoms with Crippen molar-refractivity contribution in [3.8, 4) is 0 Å². The molecule has 3 rings (SSSR count). The minimum absolute atomic E-state index is 0.135. The summed E-state index contributed by atoms with van der Waals surface area (Å²) < 4.78 is 5.39. The number of halogens is 1. The van der Waals surface area contributed by atoms with Gasteiger partial charge in [-0.05, 0) is 12.1 Å². The molecule has 0 unspecified atom stereocenters. The van der Waals surface area contributed by atoms with Crippen LogP contribution in [0.25, 0.3) is 10.8 Å². The normalized spacial score (nSPS) is 15.6. The lowest BCUT2D eigenvalue weighted by molar-refractivity contribution is -0.118. The summed E-state index contributed by atoms with van der Waals surface area (Å²) in [6, 6.07) is 11.8. The van der Waals surface area contributed by atoms with Crippen LogP contribution >= 0.6 is 11.6 Å². The third kappa shape index (κ3) is 3.72. The first kappa shape index (κ1) is 17.2. The standard InChI is InChI=1S/C19H23ClN2O2/c1-2-19(23)22(10-9-21-11-13-24-14-12-21)18-8-7-17(20)15-5-3-4-6-16(15)18/h3-8H,2,9-14H2,1H3. The molecule has 1 saturated heterocycles. The maximum absolute atomic E-state index is 12.6. The fraction of sp³-hybridized carbons (Fsp3) is 0.421. The van der Waals surface area contributed by atoms with Crippen molar-refractivity contribution < 1.29 is 9.53 Å². The zero-order valence-corrected chi connectivity index (χ0v) is 14.8. The number of nitrogens with zero attached hydrogens (tertiary/aromatic N) is 2. The Morgan fingerprint density at radius 2 is 1.88 bits per heavy atom. The monoisotopic (exact) mass is 346 g/mol. The highest BCUT2D eigenvalue weighted by Gasteiger charge is 2.19. The van der Waals surface area contributed by atoms with Crippen molar-refractivity contribution in [2.75, 3.05) is 44.3 Å². The molecule has 0 saturated carbocycles. The van der Waals surface area contributed by atoms with Gasteiger partial charge in [0.2, 0.25) is 5.91 Å². The molecule has 0 atom stereocenters. The third-order valence-corrected chi connectivity index (χ3v) is 4.82. The maximum Gasteiger partial charge on any atom is 0.226 e. The van der Waals surface area contributed by atoms with Gasteiger partial charge in [0.1, 0.15) is 0 Å². The minimum Gasteiger partial charge on any atom is -0.379 e. The second-order valence-electron chi connectivity index (χ2n) is 5.97. The lowest BCUT2D eigenvalue weighted by Gasteiger charge is -2.30. The van der Waals surface area contributed by atoms with E-state index in [0.29, 0.717) is 18.0 Å². The van der Waals surface area contributed by atoms with E-state index in [9.17, 15) is 4.79 Å². The zero-order valence-electron chi connectivity index (χ0n) is 14.0. The van der Waals surface area contributed by atoms with E-state index in [1.54, 1.807) is 0 Å². The van der Waals surface area contributed by atoms with E-state index in [1.165, 1.54) is 0 Å². The fourth-order valence-corrected chi connectivity index (χ4v) is 3.35. The van der Waals surface area contributed by atoms with Crippen LogP contribution in [0.4, 0.5) is 5.69 Å². The molecule has 4 nitrogen and oxygen atoms in total. The quantitative estimate of drug-likeness (QED) is 0.829. The first-order chi connectivity index (χ1) is 11.7. The number of benzene rings is 2. The smallest absolute Gasteiger partial charge is 0.226 e. The zero-order chi connectivity index (χ0) is 16.9. The lowest BCUT2D eigenvalue weighted by Crippen LogP contribution is -2.43. The SMILES string of the molecule is CCC(=O)N(CCN1CCOCC1)c1ccc(Cl)c2ccccc12. The number of anilines is 1. The second kappa shape index (κ2) is 7.97. The summed E-state index contributed by atoms with van der Waals surface area (Å²) in [5, 5.41) is 2.72. The van der Waals surface area contributed by atoms with Crippen molar-refractivity contribution >= 4 is 34.0 Å². The first-order valence-corrected chi connectivity index (χ1v) is 8.86. The number of carbonyl (C=O) groups excluding carboxylic acids is 1. The average molecular weight is 347 g/mol. The van der Waals surface area contributed by atoms with Gasteiger partial charge >= 0.3 is 0 Å². The number of hydrogen-bond acceptors (Lipinski definition) is 3. The third-order valence-electron chi connectivity index (χ3n) is 4.49. The predicted molar refractivity (Wildman–Crippen MR) is 98.9 cm³/mol. The highest BCUT2D eigenvalue weighted by Crippen LogP contribution is 2.32. The van der Waals surface area contributed by atoms with E-state index < -0.39 is 0 Å². The minimum atomic E-state index is 0.135. The van der Waals surface area contributed by atoms with Crippen molar-refractivity contribution in [2.45, 2.75) is 13.3 Å². The van der Waals surface area contributed by atoms with Crippen molar-refractivity contribution in [3.05, 3.63) is 41.4 Å². The van der Waals surface area contributed by atoms with Gasteiger partial charge < -0.3 is 9.64 Å². The first-order valence-electron chi connectivity index (χ1n) is 8.48. The Labute approximate surface area is 147 Å². The Hall–Kier alpha value is -1.62. The van der Waals surface area contributed by atoms with Crippen LogP contribution in [0.5, 0.6) is 0 Å². The number of morpholine rings is 1.